The first-order valence-electron chi connectivity index (χ1n) is 6.42. The molecule has 0 heterocycles. The van der Waals surface area contributed by atoms with E-state index in [4.69, 9.17) is 5.73 Å². The van der Waals surface area contributed by atoms with E-state index >= 15 is 0 Å². The van der Waals surface area contributed by atoms with Gasteiger partial charge in [-0.15, -0.1) is 0 Å². The Morgan fingerprint density at radius 2 is 1.67 bits per heavy atom. The van der Waals surface area contributed by atoms with Crippen molar-refractivity contribution in [2.75, 3.05) is 0 Å². The number of hydrogen-bond donors (Lipinski definition) is 1. The van der Waals surface area contributed by atoms with Crippen molar-refractivity contribution in [3.8, 4) is 0 Å². The van der Waals surface area contributed by atoms with Gasteiger partial charge in [0.25, 0.3) is 0 Å². The van der Waals surface area contributed by atoms with Crippen LogP contribution in [0.4, 0.5) is 13.2 Å². The molecule has 0 bridgehead atoms. The number of nitrogens with two attached hydrogens (primary N) is 1. The summed E-state index contributed by atoms with van der Waals surface area (Å²) < 4.78 is 38.8. The normalized spacial score (nSPS) is 19.8. The van der Waals surface area contributed by atoms with E-state index in [-0.39, 0.29) is 11.5 Å². The maximum Gasteiger partial charge on any atom is 0.416 e. The van der Waals surface area contributed by atoms with Gasteiger partial charge in [-0.2, -0.15) is 13.2 Å². The zero-order valence-corrected chi connectivity index (χ0v) is 10.2. The first kappa shape index (κ1) is 13.4. The molecule has 0 aliphatic heterocycles. The Balaban J connectivity index is 2.26. The molecule has 4 heteroatoms. The van der Waals surface area contributed by atoms with Gasteiger partial charge in [0.15, 0.2) is 0 Å². The van der Waals surface area contributed by atoms with E-state index in [1.165, 1.54) is 18.6 Å². The summed E-state index contributed by atoms with van der Waals surface area (Å²) in [6.45, 7) is 0. The molecule has 0 spiro atoms. The zero-order chi connectivity index (χ0) is 13.2. The first-order chi connectivity index (χ1) is 8.50. The second-order valence-corrected chi connectivity index (χ2v) is 5.01. The molecule has 18 heavy (non-hydrogen) atoms. The van der Waals surface area contributed by atoms with Gasteiger partial charge < -0.3 is 5.73 Å². The summed E-state index contributed by atoms with van der Waals surface area (Å²) >= 11 is 0. The summed E-state index contributed by atoms with van der Waals surface area (Å²) in [6.07, 6.45) is 0.882. The van der Waals surface area contributed by atoms with E-state index in [0.29, 0.717) is 0 Å². The highest BCUT2D eigenvalue weighted by atomic mass is 19.4. The third-order valence-corrected chi connectivity index (χ3v) is 3.78. The molecule has 1 aromatic carbocycles. The molecule has 100 valence electrons. The number of halogens is 3. The Morgan fingerprint density at radius 3 is 2.28 bits per heavy atom. The summed E-state index contributed by atoms with van der Waals surface area (Å²) in [7, 11) is 0. The van der Waals surface area contributed by atoms with E-state index in [1.54, 1.807) is 6.07 Å². The van der Waals surface area contributed by atoms with E-state index < -0.39 is 17.8 Å². The molecule has 2 rings (SSSR count). The van der Waals surface area contributed by atoms with Crippen molar-refractivity contribution in [2.45, 2.75) is 44.3 Å². The van der Waals surface area contributed by atoms with Crippen LogP contribution in [0.1, 0.15) is 49.3 Å². The molecule has 2 N–H and O–H groups in total. The molecule has 1 atom stereocenters. The predicted molar refractivity (Wildman–Crippen MR) is 64.9 cm³/mol. The highest BCUT2D eigenvalue weighted by molar-refractivity contribution is 5.32. The van der Waals surface area contributed by atoms with E-state index in [1.807, 2.05) is 0 Å². The maximum atomic E-state index is 12.9. The van der Waals surface area contributed by atoms with Crippen LogP contribution in [-0.4, -0.2) is 0 Å². The van der Waals surface area contributed by atoms with Crippen molar-refractivity contribution < 1.29 is 13.2 Å². The summed E-state index contributed by atoms with van der Waals surface area (Å²) in [6, 6.07) is 5.19. The molecular formula is C14H18F3N. The van der Waals surface area contributed by atoms with E-state index in [0.717, 1.165) is 31.7 Å². The molecule has 1 aromatic rings. The molecule has 0 radical (unpaired) electrons. The summed E-state index contributed by atoms with van der Waals surface area (Å²) in [5.74, 6) is 0.183. The van der Waals surface area contributed by atoms with Crippen LogP contribution in [0.5, 0.6) is 0 Å². The van der Waals surface area contributed by atoms with Gasteiger partial charge in [0, 0.05) is 6.04 Å². The molecule has 0 aromatic heterocycles. The number of alkyl halides is 3. The van der Waals surface area contributed by atoms with Gasteiger partial charge in [0.2, 0.25) is 0 Å². The summed E-state index contributed by atoms with van der Waals surface area (Å²) in [4.78, 5) is 0. The summed E-state index contributed by atoms with van der Waals surface area (Å²) in [5, 5.41) is 0. The average Bonchev–Trinajstić information content (AvgIpc) is 2.38. The lowest BCUT2D eigenvalue weighted by molar-refractivity contribution is -0.138. The average molecular weight is 257 g/mol. The Labute approximate surface area is 105 Å². The van der Waals surface area contributed by atoms with Gasteiger partial charge in [0.1, 0.15) is 0 Å². The van der Waals surface area contributed by atoms with Crippen molar-refractivity contribution in [1.29, 1.82) is 0 Å². The fourth-order valence-corrected chi connectivity index (χ4v) is 2.79. The van der Waals surface area contributed by atoms with Crippen LogP contribution in [0.2, 0.25) is 0 Å². The van der Waals surface area contributed by atoms with Gasteiger partial charge in [-0.05, 0) is 30.4 Å². The molecule has 1 aliphatic carbocycles. The minimum absolute atomic E-state index is 0.183. The lowest BCUT2D eigenvalue weighted by Crippen LogP contribution is -2.26. The molecule has 1 fully saturated rings. The van der Waals surface area contributed by atoms with Crippen molar-refractivity contribution in [2.24, 2.45) is 11.7 Å². The van der Waals surface area contributed by atoms with Crippen LogP contribution in [0, 0.1) is 5.92 Å². The zero-order valence-electron chi connectivity index (χ0n) is 10.2. The minimum atomic E-state index is -4.32. The third kappa shape index (κ3) is 2.86. The van der Waals surface area contributed by atoms with Crippen molar-refractivity contribution >= 4 is 0 Å². The van der Waals surface area contributed by atoms with Crippen LogP contribution < -0.4 is 5.73 Å². The molecular weight excluding hydrogens is 239 g/mol. The van der Waals surface area contributed by atoms with Gasteiger partial charge in [-0.1, -0.05) is 37.5 Å². The topological polar surface area (TPSA) is 26.0 Å². The molecule has 1 saturated carbocycles. The SMILES string of the molecule is N[C@@H](c1ccccc1C(F)(F)F)C1CCCCC1. The fourth-order valence-electron chi connectivity index (χ4n) is 2.79. The molecule has 0 unspecified atom stereocenters. The van der Waals surface area contributed by atoms with Gasteiger partial charge in [-0.25, -0.2) is 0 Å². The predicted octanol–water partition coefficient (Wildman–Crippen LogP) is 4.29. The fraction of sp³-hybridized carbons (Fsp3) is 0.571. The third-order valence-electron chi connectivity index (χ3n) is 3.78. The van der Waals surface area contributed by atoms with Crippen molar-refractivity contribution in [1.82, 2.24) is 0 Å². The van der Waals surface area contributed by atoms with Crippen molar-refractivity contribution in [3.05, 3.63) is 35.4 Å². The van der Waals surface area contributed by atoms with Crippen LogP contribution in [0.15, 0.2) is 24.3 Å². The molecule has 0 saturated heterocycles. The van der Waals surface area contributed by atoms with Crippen LogP contribution >= 0.6 is 0 Å². The largest absolute Gasteiger partial charge is 0.416 e. The Kier molecular flexibility index (Phi) is 3.95. The van der Waals surface area contributed by atoms with Crippen LogP contribution in [-0.2, 0) is 6.18 Å². The standard InChI is InChI=1S/C14H18F3N/c15-14(16,17)12-9-5-4-8-11(12)13(18)10-6-2-1-3-7-10/h4-5,8-10,13H,1-3,6-7,18H2/t13-/m1/s1. The quantitative estimate of drug-likeness (QED) is 0.840. The molecule has 1 nitrogen and oxygen atoms in total. The Bertz CT molecular complexity index is 394. The molecule has 1 aliphatic rings. The van der Waals surface area contributed by atoms with Crippen LogP contribution in [0.3, 0.4) is 0 Å². The van der Waals surface area contributed by atoms with E-state index in [9.17, 15) is 13.2 Å². The van der Waals surface area contributed by atoms with Crippen LogP contribution in [0.25, 0.3) is 0 Å². The highest BCUT2D eigenvalue weighted by Gasteiger charge is 2.35. The van der Waals surface area contributed by atoms with E-state index in [2.05, 4.69) is 0 Å². The van der Waals surface area contributed by atoms with Gasteiger partial charge in [-0.3, -0.25) is 0 Å². The van der Waals surface area contributed by atoms with Gasteiger partial charge >= 0.3 is 6.18 Å². The first-order valence-corrected chi connectivity index (χ1v) is 6.42. The lowest BCUT2D eigenvalue weighted by atomic mass is 9.80. The maximum absolute atomic E-state index is 12.9. The second-order valence-electron chi connectivity index (χ2n) is 5.01. The molecule has 0 amide bonds. The highest BCUT2D eigenvalue weighted by Crippen LogP contribution is 2.39. The number of rotatable bonds is 2. The number of benzene rings is 1. The Hall–Kier alpha value is -1.03. The minimum Gasteiger partial charge on any atom is -0.324 e. The Morgan fingerprint density at radius 1 is 1.06 bits per heavy atom. The second kappa shape index (κ2) is 5.31. The lowest BCUT2D eigenvalue weighted by Gasteiger charge is -2.29. The summed E-state index contributed by atoms with van der Waals surface area (Å²) in [5.41, 5.74) is 5.73. The van der Waals surface area contributed by atoms with Gasteiger partial charge in [0.05, 0.1) is 5.56 Å². The monoisotopic (exact) mass is 257 g/mol. The number of hydrogen-bond acceptors (Lipinski definition) is 1. The smallest absolute Gasteiger partial charge is 0.324 e. The van der Waals surface area contributed by atoms with Crippen molar-refractivity contribution in [3.63, 3.8) is 0 Å².